The van der Waals surface area contributed by atoms with Gasteiger partial charge < -0.3 is 9.84 Å². The molecule has 0 amide bonds. The predicted octanol–water partition coefficient (Wildman–Crippen LogP) is 2.65. The minimum Gasteiger partial charge on any atom is -0.504 e. The van der Waals surface area contributed by atoms with Crippen molar-refractivity contribution < 1.29 is 18.6 Å². The number of ether oxygens (including phenoxy) is 1. The summed E-state index contributed by atoms with van der Waals surface area (Å²) in [6, 6.07) is 3.64. The maximum Gasteiger partial charge on any atom is 0.387 e. The molecule has 0 saturated heterocycles. The average molecular weight is 195 g/mol. The predicted molar refractivity (Wildman–Crippen MR) is 39.7 cm³/mol. The molecule has 1 N–H and O–H groups in total. The van der Waals surface area contributed by atoms with Gasteiger partial charge in [0.2, 0.25) is 0 Å². The number of halogens is 3. The molecule has 1 aromatic carbocycles. The lowest BCUT2D eigenvalue weighted by Gasteiger charge is -2.05. The molecule has 0 aliphatic carbocycles. The van der Waals surface area contributed by atoms with Crippen LogP contribution < -0.4 is 4.74 Å². The Bertz CT molecular complexity index is 278. The molecule has 0 atom stereocenters. The molecule has 0 fully saturated rings. The van der Waals surface area contributed by atoms with E-state index in [1.807, 2.05) is 0 Å². The Morgan fingerprint density at radius 2 is 2.08 bits per heavy atom. The molecule has 0 radical (unpaired) electrons. The third-order valence-corrected chi connectivity index (χ3v) is 1.37. The van der Waals surface area contributed by atoms with Gasteiger partial charge >= 0.3 is 6.61 Å². The van der Waals surface area contributed by atoms with Crippen molar-refractivity contribution in [1.82, 2.24) is 0 Å². The van der Waals surface area contributed by atoms with Gasteiger partial charge in [0.15, 0.2) is 11.5 Å². The molecule has 0 saturated carbocycles. The molecule has 0 bridgehead atoms. The maximum absolute atomic E-state index is 11.6. The first kappa shape index (κ1) is 9.06. The summed E-state index contributed by atoms with van der Waals surface area (Å²) in [5, 5.41) is 9.26. The van der Waals surface area contributed by atoms with E-state index in [2.05, 4.69) is 4.74 Å². The van der Waals surface area contributed by atoms with Gasteiger partial charge in [-0.2, -0.15) is 8.78 Å². The Balaban J connectivity index is 2.86. The molecule has 0 unspecified atom stereocenters. The molecule has 1 aromatic rings. The number of phenolic OH excluding ortho intramolecular Hbond substituents is 1. The summed E-state index contributed by atoms with van der Waals surface area (Å²) in [4.78, 5) is 0. The van der Waals surface area contributed by atoms with E-state index in [-0.39, 0.29) is 10.8 Å². The molecule has 5 heteroatoms. The minimum atomic E-state index is -2.95. The zero-order valence-corrected chi connectivity index (χ0v) is 6.55. The van der Waals surface area contributed by atoms with Crippen molar-refractivity contribution in [3.8, 4) is 11.5 Å². The molecule has 0 aliphatic heterocycles. The van der Waals surface area contributed by atoms with Crippen LogP contribution in [-0.2, 0) is 0 Å². The van der Waals surface area contributed by atoms with Crippen LogP contribution in [0.25, 0.3) is 0 Å². The number of hydrogen-bond donors (Lipinski definition) is 1. The van der Waals surface area contributed by atoms with Crippen LogP contribution >= 0.6 is 11.6 Å². The van der Waals surface area contributed by atoms with Gasteiger partial charge in [0.1, 0.15) is 0 Å². The summed E-state index contributed by atoms with van der Waals surface area (Å²) in [7, 11) is 0. The van der Waals surface area contributed by atoms with E-state index in [1.54, 1.807) is 0 Å². The van der Waals surface area contributed by atoms with E-state index in [4.69, 9.17) is 16.7 Å². The van der Waals surface area contributed by atoms with E-state index < -0.39 is 12.4 Å². The fourth-order valence-corrected chi connectivity index (χ4v) is 0.853. The molecule has 1 rings (SSSR count). The average Bonchev–Trinajstić information content (AvgIpc) is 1.94. The molecule has 0 spiro atoms. The number of hydrogen-bond acceptors (Lipinski definition) is 2. The van der Waals surface area contributed by atoms with Crippen molar-refractivity contribution in [3.05, 3.63) is 23.2 Å². The Kier molecular flexibility index (Phi) is 2.70. The largest absolute Gasteiger partial charge is 0.504 e. The molecule has 12 heavy (non-hydrogen) atoms. The van der Waals surface area contributed by atoms with Gasteiger partial charge in [0.05, 0.1) is 0 Å². The van der Waals surface area contributed by atoms with E-state index in [1.165, 1.54) is 12.1 Å². The van der Waals surface area contributed by atoms with Crippen molar-refractivity contribution in [2.75, 3.05) is 0 Å². The Morgan fingerprint density at radius 1 is 1.42 bits per heavy atom. The van der Waals surface area contributed by atoms with Gasteiger partial charge in [-0.15, -0.1) is 0 Å². The highest BCUT2D eigenvalue weighted by Crippen LogP contribution is 2.29. The van der Waals surface area contributed by atoms with E-state index in [9.17, 15) is 8.78 Å². The van der Waals surface area contributed by atoms with Gasteiger partial charge in [-0.1, -0.05) is 11.6 Å². The monoisotopic (exact) mass is 194 g/mol. The normalized spacial score (nSPS) is 10.3. The molecular weight excluding hydrogens is 190 g/mol. The smallest absolute Gasteiger partial charge is 0.387 e. The third-order valence-electron chi connectivity index (χ3n) is 1.14. The zero-order chi connectivity index (χ0) is 9.14. The van der Waals surface area contributed by atoms with Gasteiger partial charge in [0, 0.05) is 11.1 Å². The second-order valence-electron chi connectivity index (χ2n) is 1.99. The van der Waals surface area contributed by atoms with Crippen LogP contribution in [0.5, 0.6) is 11.5 Å². The van der Waals surface area contributed by atoms with Crippen LogP contribution in [0, 0.1) is 0 Å². The van der Waals surface area contributed by atoms with Crippen LogP contribution in [0.2, 0.25) is 5.02 Å². The zero-order valence-electron chi connectivity index (χ0n) is 5.80. The van der Waals surface area contributed by atoms with Crippen molar-refractivity contribution in [2.45, 2.75) is 6.61 Å². The van der Waals surface area contributed by atoms with Gasteiger partial charge in [0.25, 0.3) is 0 Å². The molecule has 66 valence electrons. The highest BCUT2D eigenvalue weighted by Gasteiger charge is 2.08. The van der Waals surface area contributed by atoms with Gasteiger partial charge in [-0.05, 0) is 12.1 Å². The standard InChI is InChI=1S/C7H5ClF2O2/c8-4-1-2-6(5(11)3-4)12-7(9)10/h1-3,7,11H. The first-order chi connectivity index (χ1) is 5.59. The number of phenols is 1. The number of benzene rings is 1. The Morgan fingerprint density at radius 3 is 2.58 bits per heavy atom. The van der Waals surface area contributed by atoms with Crippen LogP contribution in [0.15, 0.2) is 18.2 Å². The summed E-state index contributed by atoms with van der Waals surface area (Å²) in [6.45, 7) is -2.95. The summed E-state index contributed by atoms with van der Waals surface area (Å²) in [5.41, 5.74) is 0. The van der Waals surface area contributed by atoms with Crippen LogP contribution in [-0.4, -0.2) is 11.7 Å². The first-order valence-electron chi connectivity index (χ1n) is 3.03. The van der Waals surface area contributed by atoms with Gasteiger partial charge in [-0.25, -0.2) is 0 Å². The molecular formula is C7H5ClF2O2. The summed E-state index contributed by atoms with van der Waals surface area (Å²) in [6.07, 6.45) is 0. The lowest BCUT2D eigenvalue weighted by Crippen LogP contribution is -2.01. The van der Waals surface area contributed by atoms with Crippen LogP contribution in [0.1, 0.15) is 0 Å². The van der Waals surface area contributed by atoms with Crippen molar-refractivity contribution in [1.29, 1.82) is 0 Å². The number of aromatic hydroxyl groups is 1. The molecule has 0 aliphatic rings. The van der Waals surface area contributed by atoms with Crippen molar-refractivity contribution in [2.24, 2.45) is 0 Å². The second-order valence-corrected chi connectivity index (χ2v) is 2.43. The van der Waals surface area contributed by atoms with Crippen molar-refractivity contribution >= 4 is 11.6 Å². The third kappa shape index (κ3) is 2.23. The Hall–Kier alpha value is -1.03. The lowest BCUT2D eigenvalue weighted by molar-refractivity contribution is -0.0512. The fraction of sp³-hybridized carbons (Fsp3) is 0.143. The number of alkyl halides is 2. The molecule has 0 heterocycles. The lowest BCUT2D eigenvalue weighted by atomic mass is 10.3. The summed E-state index contributed by atoms with van der Waals surface area (Å²) >= 11 is 5.45. The van der Waals surface area contributed by atoms with Gasteiger partial charge in [-0.3, -0.25) is 0 Å². The SMILES string of the molecule is Oc1cc(Cl)ccc1OC(F)F. The fourth-order valence-electron chi connectivity index (χ4n) is 0.686. The quantitative estimate of drug-likeness (QED) is 0.784. The Labute approximate surface area is 72.3 Å². The summed E-state index contributed by atoms with van der Waals surface area (Å²) in [5.74, 6) is -0.683. The van der Waals surface area contributed by atoms with Crippen molar-refractivity contribution in [3.63, 3.8) is 0 Å². The maximum atomic E-state index is 11.6. The van der Waals surface area contributed by atoms with Crippen LogP contribution in [0.3, 0.4) is 0 Å². The van der Waals surface area contributed by atoms with E-state index >= 15 is 0 Å². The van der Waals surface area contributed by atoms with E-state index in [0.717, 1.165) is 6.07 Å². The summed E-state index contributed by atoms with van der Waals surface area (Å²) < 4.78 is 27.2. The molecule has 0 aromatic heterocycles. The minimum absolute atomic E-state index is 0.258. The van der Waals surface area contributed by atoms with Crippen LogP contribution in [0.4, 0.5) is 8.78 Å². The number of rotatable bonds is 2. The molecule has 2 nitrogen and oxygen atoms in total. The van der Waals surface area contributed by atoms with E-state index in [0.29, 0.717) is 0 Å². The highest BCUT2D eigenvalue weighted by atomic mass is 35.5. The second kappa shape index (κ2) is 3.58. The highest BCUT2D eigenvalue weighted by molar-refractivity contribution is 6.30. The first-order valence-corrected chi connectivity index (χ1v) is 3.40. The topological polar surface area (TPSA) is 29.5 Å².